The first-order valence-corrected chi connectivity index (χ1v) is 9.63. The summed E-state index contributed by atoms with van der Waals surface area (Å²) in [6.45, 7) is 2.90. The topological polar surface area (TPSA) is 67.6 Å². The molecule has 3 N–H and O–H groups in total. The summed E-state index contributed by atoms with van der Waals surface area (Å²) in [5, 5.41) is 2.90. The van der Waals surface area contributed by atoms with Gasteiger partial charge in [-0.3, -0.25) is 4.79 Å². The molecule has 1 heterocycles. The van der Waals surface area contributed by atoms with Crippen LogP contribution in [-0.4, -0.2) is 39.3 Å². The molecule has 0 atom stereocenters. The number of carbonyl (C=O) groups excluding carboxylic acids is 1. The number of ether oxygens (including phenoxy) is 1. The van der Waals surface area contributed by atoms with Crippen LogP contribution >= 0.6 is 0 Å². The first-order valence-electron chi connectivity index (χ1n) is 9.63. The van der Waals surface area contributed by atoms with Gasteiger partial charge in [0.25, 0.3) is 5.91 Å². The first kappa shape index (κ1) is 19.2. The van der Waals surface area contributed by atoms with E-state index in [1.807, 2.05) is 12.1 Å². The van der Waals surface area contributed by atoms with Crippen molar-refractivity contribution >= 4 is 17.3 Å². The second kappa shape index (κ2) is 9.42. The Kier molecular flexibility index (Phi) is 6.71. The molecule has 1 fully saturated rings. The van der Waals surface area contributed by atoms with Gasteiger partial charge in [0, 0.05) is 38.1 Å². The molecule has 5 heteroatoms. The molecule has 0 aliphatic carbocycles. The minimum atomic E-state index is -0.0965. The molecule has 0 aromatic heterocycles. The summed E-state index contributed by atoms with van der Waals surface area (Å²) in [5.41, 5.74) is 9.56. The van der Waals surface area contributed by atoms with Crippen molar-refractivity contribution < 1.29 is 9.53 Å². The minimum Gasteiger partial charge on any atom is -0.399 e. The maximum atomic E-state index is 12.6. The molecule has 0 radical (unpaired) electrons. The van der Waals surface area contributed by atoms with Gasteiger partial charge in [0.2, 0.25) is 0 Å². The second-order valence-corrected chi connectivity index (χ2v) is 7.15. The van der Waals surface area contributed by atoms with Gasteiger partial charge in [0.05, 0.1) is 12.2 Å². The number of methoxy groups -OCH3 is 1. The molecule has 0 unspecified atom stereocenters. The van der Waals surface area contributed by atoms with Crippen molar-refractivity contribution in [2.24, 2.45) is 5.92 Å². The highest BCUT2D eigenvalue weighted by molar-refractivity contribution is 6.00. The van der Waals surface area contributed by atoms with E-state index in [0.717, 1.165) is 38.0 Å². The molecule has 144 valence electrons. The van der Waals surface area contributed by atoms with Crippen LogP contribution in [0.1, 0.15) is 28.8 Å². The average molecular weight is 367 g/mol. The lowest BCUT2D eigenvalue weighted by atomic mass is 9.89. The van der Waals surface area contributed by atoms with Gasteiger partial charge in [0.15, 0.2) is 0 Å². The fourth-order valence-electron chi connectivity index (χ4n) is 3.70. The maximum absolute atomic E-state index is 12.6. The van der Waals surface area contributed by atoms with Crippen LogP contribution in [-0.2, 0) is 11.2 Å². The molecule has 2 aromatic rings. The highest BCUT2D eigenvalue weighted by atomic mass is 16.5. The van der Waals surface area contributed by atoms with E-state index >= 15 is 0 Å². The van der Waals surface area contributed by atoms with Gasteiger partial charge < -0.3 is 20.7 Å². The van der Waals surface area contributed by atoms with Crippen LogP contribution in [0.25, 0.3) is 0 Å². The van der Waals surface area contributed by atoms with Crippen molar-refractivity contribution in [2.75, 3.05) is 44.0 Å². The Bertz CT molecular complexity index is 740. The number of benzene rings is 2. The van der Waals surface area contributed by atoms with E-state index in [9.17, 15) is 4.79 Å². The lowest BCUT2D eigenvalue weighted by Crippen LogP contribution is -2.36. The summed E-state index contributed by atoms with van der Waals surface area (Å²) in [7, 11) is 1.62. The van der Waals surface area contributed by atoms with Crippen molar-refractivity contribution in [1.82, 2.24) is 5.32 Å². The Morgan fingerprint density at radius 3 is 2.63 bits per heavy atom. The Morgan fingerprint density at radius 1 is 1.19 bits per heavy atom. The molecule has 0 saturated carbocycles. The molecule has 0 spiro atoms. The highest BCUT2D eigenvalue weighted by Crippen LogP contribution is 2.29. The molecule has 3 rings (SSSR count). The van der Waals surface area contributed by atoms with Crippen molar-refractivity contribution in [2.45, 2.75) is 19.3 Å². The molecule has 0 bridgehead atoms. The minimum absolute atomic E-state index is 0.0965. The second-order valence-electron chi connectivity index (χ2n) is 7.15. The number of piperidine rings is 1. The van der Waals surface area contributed by atoms with Gasteiger partial charge in [-0.15, -0.1) is 0 Å². The number of rotatable bonds is 7. The summed E-state index contributed by atoms with van der Waals surface area (Å²) in [4.78, 5) is 14.9. The van der Waals surface area contributed by atoms with E-state index in [4.69, 9.17) is 10.5 Å². The van der Waals surface area contributed by atoms with Gasteiger partial charge in [-0.25, -0.2) is 0 Å². The molecular weight excluding hydrogens is 338 g/mol. The summed E-state index contributed by atoms with van der Waals surface area (Å²) in [6.07, 6.45) is 3.38. The fraction of sp³-hybridized carbons (Fsp3) is 0.409. The lowest BCUT2D eigenvalue weighted by molar-refractivity contribution is 0.0937. The highest BCUT2D eigenvalue weighted by Gasteiger charge is 2.23. The Morgan fingerprint density at radius 2 is 1.93 bits per heavy atom. The third kappa shape index (κ3) is 5.23. The van der Waals surface area contributed by atoms with E-state index in [0.29, 0.717) is 30.3 Å². The van der Waals surface area contributed by atoms with Crippen LogP contribution in [0, 0.1) is 5.92 Å². The zero-order valence-corrected chi connectivity index (χ0v) is 16.0. The van der Waals surface area contributed by atoms with Crippen molar-refractivity contribution in [1.29, 1.82) is 0 Å². The molecule has 1 amide bonds. The van der Waals surface area contributed by atoms with Crippen LogP contribution in [0.2, 0.25) is 0 Å². The molecule has 27 heavy (non-hydrogen) atoms. The maximum Gasteiger partial charge on any atom is 0.253 e. The summed E-state index contributed by atoms with van der Waals surface area (Å²) < 4.78 is 5.01. The van der Waals surface area contributed by atoms with Crippen molar-refractivity contribution in [3.05, 3.63) is 59.7 Å². The van der Waals surface area contributed by atoms with Crippen LogP contribution in [0.3, 0.4) is 0 Å². The van der Waals surface area contributed by atoms with E-state index in [1.165, 1.54) is 5.56 Å². The zero-order chi connectivity index (χ0) is 19.1. The standard InChI is InChI=1S/C22H29N3O2/c1-27-14-11-24-22(26)20-16-19(23)7-8-21(20)25-12-9-18(10-13-25)15-17-5-3-2-4-6-17/h2-8,16,18H,9-15,23H2,1H3,(H,24,26). The molecule has 1 aliphatic heterocycles. The number of amides is 1. The fourth-order valence-corrected chi connectivity index (χ4v) is 3.70. The van der Waals surface area contributed by atoms with E-state index in [1.54, 1.807) is 13.2 Å². The molecule has 1 saturated heterocycles. The Hall–Kier alpha value is -2.53. The van der Waals surface area contributed by atoms with Crippen molar-refractivity contribution in [3.63, 3.8) is 0 Å². The normalized spacial score (nSPS) is 14.9. The zero-order valence-electron chi connectivity index (χ0n) is 16.0. The van der Waals surface area contributed by atoms with Crippen LogP contribution in [0.4, 0.5) is 11.4 Å². The largest absolute Gasteiger partial charge is 0.399 e. The number of nitrogens with two attached hydrogens (primary N) is 1. The number of anilines is 2. The predicted molar refractivity (Wildman–Crippen MR) is 110 cm³/mol. The number of nitrogens with one attached hydrogen (secondary N) is 1. The SMILES string of the molecule is COCCNC(=O)c1cc(N)ccc1N1CCC(Cc2ccccc2)CC1. The average Bonchev–Trinajstić information content (AvgIpc) is 2.69. The predicted octanol–water partition coefficient (Wildman–Crippen LogP) is 3.10. The van der Waals surface area contributed by atoms with Gasteiger partial charge in [-0.1, -0.05) is 30.3 Å². The summed E-state index contributed by atoms with van der Waals surface area (Å²) in [6, 6.07) is 16.3. The molecule has 2 aromatic carbocycles. The molecular formula is C22H29N3O2. The number of hydrogen-bond donors (Lipinski definition) is 2. The number of nitrogens with zero attached hydrogens (tertiary/aromatic N) is 1. The smallest absolute Gasteiger partial charge is 0.253 e. The monoisotopic (exact) mass is 367 g/mol. The molecule has 5 nitrogen and oxygen atoms in total. The number of hydrogen-bond acceptors (Lipinski definition) is 4. The van der Waals surface area contributed by atoms with Crippen LogP contribution in [0.15, 0.2) is 48.5 Å². The number of carbonyl (C=O) groups is 1. The van der Waals surface area contributed by atoms with Gasteiger partial charge in [0.1, 0.15) is 0 Å². The van der Waals surface area contributed by atoms with Gasteiger partial charge >= 0.3 is 0 Å². The Balaban J connectivity index is 1.64. The van der Waals surface area contributed by atoms with E-state index in [-0.39, 0.29) is 5.91 Å². The van der Waals surface area contributed by atoms with Crippen molar-refractivity contribution in [3.8, 4) is 0 Å². The van der Waals surface area contributed by atoms with E-state index in [2.05, 4.69) is 40.5 Å². The quantitative estimate of drug-likeness (QED) is 0.583. The lowest BCUT2D eigenvalue weighted by Gasteiger charge is -2.34. The summed E-state index contributed by atoms with van der Waals surface area (Å²) >= 11 is 0. The van der Waals surface area contributed by atoms with E-state index < -0.39 is 0 Å². The molecule has 1 aliphatic rings. The van der Waals surface area contributed by atoms with Gasteiger partial charge in [-0.2, -0.15) is 0 Å². The van der Waals surface area contributed by atoms with Gasteiger partial charge in [-0.05, 0) is 48.9 Å². The number of nitrogen functional groups attached to an aromatic ring is 1. The third-order valence-corrected chi connectivity index (χ3v) is 5.18. The summed E-state index contributed by atoms with van der Waals surface area (Å²) in [5.74, 6) is 0.595. The third-order valence-electron chi connectivity index (χ3n) is 5.18. The van der Waals surface area contributed by atoms with Crippen LogP contribution < -0.4 is 16.0 Å². The first-order chi connectivity index (χ1) is 13.2. The van der Waals surface area contributed by atoms with Crippen LogP contribution in [0.5, 0.6) is 0 Å². The Labute approximate surface area is 161 Å².